The highest BCUT2D eigenvalue weighted by Gasteiger charge is 2.70. The summed E-state index contributed by atoms with van der Waals surface area (Å²) in [5.74, 6) is 3.29. The van der Waals surface area contributed by atoms with Crippen LogP contribution in [0.15, 0.2) is 48.5 Å². The van der Waals surface area contributed by atoms with Gasteiger partial charge in [-0.25, -0.2) is 0 Å². The summed E-state index contributed by atoms with van der Waals surface area (Å²) in [6.45, 7) is 2.35. The van der Waals surface area contributed by atoms with Gasteiger partial charge >= 0.3 is 0 Å². The lowest BCUT2D eigenvalue weighted by Gasteiger charge is -2.72. The topological polar surface area (TPSA) is 20.2 Å². The summed E-state index contributed by atoms with van der Waals surface area (Å²) in [5.41, 5.74) is 2.81. The van der Waals surface area contributed by atoms with Gasteiger partial charge in [0.15, 0.2) is 0 Å². The van der Waals surface area contributed by atoms with Gasteiger partial charge in [0.25, 0.3) is 0 Å². The second kappa shape index (κ2) is 5.09. The van der Waals surface area contributed by atoms with Crippen LogP contribution in [-0.4, -0.2) is 5.11 Å². The Hall–Kier alpha value is -1.31. The van der Waals surface area contributed by atoms with E-state index in [1.54, 1.807) is 0 Å². The van der Waals surface area contributed by atoms with E-state index in [9.17, 15) is 5.11 Å². The number of aliphatic hydroxyl groups is 1. The van der Waals surface area contributed by atoms with Gasteiger partial charge in [-0.2, -0.15) is 0 Å². The fourth-order valence-electron chi connectivity index (χ4n) is 6.05. The minimum atomic E-state index is -0.633. The normalized spacial score (nSPS) is 39.5. The van der Waals surface area contributed by atoms with Gasteiger partial charge in [0, 0.05) is 5.02 Å². The maximum atomic E-state index is 11.8. The molecule has 3 aliphatic rings. The van der Waals surface area contributed by atoms with E-state index in [1.807, 2.05) is 12.1 Å². The molecule has 0 aromatic heterocycles. The molecule has 24 heavy (non-hydrogen) atoms. The second-order valence-electron chi connectivity index (χ2n) is 8.24. The Balaban J connectivity index is 1.59. The van der Waals surface area contributed by atoms with E-state index in [4.69, 9.17) is 11.6 Å². The van der Waals surface area contributed by atoms with Crippen LogP contribution in [-0.2, 0) is 5.60 Å². The molecule has 0 heterocycles. The first-order valence-electron chi connectivity index (χ1n) is 9.17. The molecule has 2 heteroatoms. The molecule has 1 N–H and O–H groups in total. The van der Waals surface area contributed by atoms with Crippen molar-refractivity contribution in [1.29, 1.82) is 0 Å². The van der Waals surface area contributed by atoms with Crippen LogP contribution in [0.5, 0.6) is 0 Å². The Labute approximate surface area is 148 Å². The van der Waals surface area contributed by atoms with Crippen molar-refractivity contribution in [2.24, 2.45) is 29.6 Å². The van der Waals surface area contributed by atoms with Crippen molar-refractivity contribution in [1.82, 2.24) is 0 Å². The highest BCUT2D eigenvalue weighted by molar-refractivity contribution is 6.30. The molecule has 6 unspecified atom stereocenters. The quantitative estimate of drug-likeness (QED) is 0.765. The Bertz CT molecular complexity index is 783. The highest BCUT2D eigenvalue weighted by atomic mass is 35.5. The molecule has 3 fully saturated rings. The fourth-order valence-corrected chi connectivity index (χ4v) is 6.18. The zero-order valence-electron chi connectivity index (χ0n) is 14.0. The van der Waals surface area contributed by atoms with Crippen LogP contribution in [0.1, 0.15) is 31.7 Å². The largest absolute Gasteiger partial charge is 0.385 e. The molecule has 0 saturated heterocycles. The molecule has 0 aliphatic heterocycles. The molecule has 0 amide bonds. The SMILES string of the molecule is CC1CC2CC3C2C(C1)C3(O)c1ccccc1-c1ccc(Cl)cc1. The molecule has 3 saturated carbocycles. The van der Waals surface area contributed by atoms with Crippen LogP contribution >= 0.6 is 11.6 Å². The summed E-state index contributed by atoms with van der Waals surface area (Å²) < 4.78 is 0. The minimum absolute atomic E-state index is 0.443. The van der Waals surface area contributed by atoms with Crippen molar-refractivity contribution in [3.8, 4) is 11.1 Å². The Morgan fingerprint density at radius 3 is 2.46 bits per heavy atom. The number of hydrogen-bond donors (Lipinski definition) is 1. The van der Waals surface area contributed by atoms with Crippen molar-refractivity contribution in [3.63, 3.8) is 0 Å². The molecule has 0 spiro atoms. The maximum absolute atomic E-state index is 11.8. The second-order valence-corrected chi connectivity index (χ2v) is 8.68. The monoisotopic (exact) mass is 338 g/mol. The molecule has 2 aromatic carbocycles. The maximum Gasteiger partial charge on any atom is 0.0964 e. The van der Waals surface area contributed by atoms with Gasteiger partial charge in [-0.05, 0) is 77.7 Å². The van der Waals surface area contributed by atoms with Gasteiger partial charge in [0.05, 0.1) is 5.60 Å². The first-order chi connectivity index (χ1) is 11.6. The van der Waals surface area contributed by atoms with Crippen LogP contribution in [0.4, 0.5) is 0 Å². The third-order valence-electron chi connectivity index (χ3n) is 7.04. The standard InChI is InChI=1S/C22H23ClO/c1-13-10-15-12-20-21(15)19(11-13)22(20,24)18-5-3-2-4-17(18)14-6-8-16(23)9-7-14/h2-9,13,15,19-21,24H,10-12H2,1H3. The van der Waals surface area contributed by atoms with E-state index in [0.29, 0.717) is 11.8 Å². The molecule has 0 bridgehead atoms. The van der Waals surface area contributed by atoms with Crippen molar-refractivity contribution >= 4 is 11.6 Å². The third-order valence-corrected chi connectivity index (χ3v) is 7.29. The van der Waals surface area contributed by atoms with E-state index in [0.717, 1.165) is 39.5 Å². The summed E-state index contributed by atoms with van der Waals surface area (Å²) in [4.78, 5) is 0. The van der Waals surface area contributed by atoms with Crippen LogP contribution in [0.25, 0.3) is 11.1 Å². The molecule has 0 radical (unpaired) electrons. The first-order valence-corrected chi connectivity index (χ1v) is 9.54. The van der Waals surface area contributed by atoms with Crippen molar-refractivity contribution in [2.45, 2.75) is 31.8 Å². The summed E-state index contributed by atoms with van der Waals surface area (Å²) in [6, 6.07) is 16.4. The van der Waals surface area contributed by atoms with Crippen molar-refractivity contribution < 1.29 is 5.11 Å². The fraction of sp³-hybridized carbons (Fsp3) is 0.455. The average molecular weight is 339 g/mol. The molecular weight excluding hydrogens is 316 g/mol. The molecule has 3 aliphatic carbocycles. The van der Waals surface area contributed by atoms with Crippen LogP contribution in [0, 0.1) is 29.6 Å². The van der Waals surface area contributed by atoms with Gasteiger partial charge in [0.1, 0.15) is 0 Å². The zero-order valence-corrected chi connectivity index (χ0v) is 14.7. The number of rotatable bonds is 2. The first kappa shape index (κ1) is 15.0. The Kier molecular flexibility index (Phi) is 3.18. The summed E-state index contributed by atoms with van der Waals surface area (Å²) in [6.07, 6.45) is 3.74. The molecular formula is C22H23ClO. The van der Waals surface area contributed by atoms with Crippen molar-refractivity contribution in [2.75, 3.05) is 0 Å². The van der Waals surface area contributed by atoms with Crippen LogP contribution < -0.4 is 0 Å². The van der Waals surface area contributed by atoms with Gasteiger partial charge in [-0.15, -0.1) is 0 Å². The van der Waals surface area contributed by atoms with Gasteiger partial charge in [0.2, 0.25) is 0 Å². The Morgan fingerprint density at radius 1 is 0.958 bits per heavy atom. The smallest absolute Gasteiger partial charge is 0.0964 e. The lowest BCUT2D eigenvalue weighted by atomic mass is 9.34. The third kappa shape index (κ3) is 1.86. The van der Waals surface area contributed by atoms with Crippen LogP contribution in [0.2, 0.25) is 5.02 Å². The molecule has 1 nitrogen and oxygen atoms in total. The number of benzene rings is 2. The lowest BCUT2D eigenvalue weighted by Crippen LogP contribution is -2.70. The number of hydrogen-bond acceptors (Lipinski definition) is 1. The average Bonchev–Trinajstić information content (AvgIpc) is 2.57. The van der Waals surface area contributed by atoms with Gasteiger partial charge in [-0.1, -0.05) is 54.9 Å². The van der Waals surface area contributed by atoms with Crippen LogP contribution in [0.3, 0.4) is 0 Å². The molecule has 124 valence electrons. The van der Waals surface area contributed by atoms with Crippen molar-refractivity contribution in [3.05, 3.63) is 59.1 Å². The van der Waals surface area contributed by atoms with Gasteiger partial charge < -0.3 is 5.11 Å². The number of halogens is 1. The summed E-state index contributed by atoms with van der Waals surface area (Å²) >= 11 is 6.05. The van der Waals surface area contributed by atoms with E-state index < -0.39 is 5.60 Å². The van der Waals surface area contributed by atoms with E-state index in [1.165, 1.54) is 19.3 Å². The predicted octanol–water partition coefficient (Wildman–Crippen LogP) is 5.51. The predicted molar refractivity (Wildman–Crippen MR) is 97.8 cm³/mol. The molecule has 2 aromatic rings. The van der Waals surface area contributed by atoms with E-state index in [-0.39, 0.29) is 0 Å². The molecule has 6 atom stereocenters. The summed E-state index contributed by atoms with van der Waals surface area (Å²) in [7, 11) is 0. The highest BCUT2D eigenvalue weighted by Crippen LogP contribution is 2.72. The minimum Gasteiger partial charge on any atom is -0.385 e. The summed E-state index contributed by atoms with van der Waals surface area (Å²) in [5, 5.41) is 12.5. The zero-order chi connectivity index (χ0) is 16.5. The molecule has 5 rings (SSSR count). The van der Waals surface area contributed by atoms with E-state index in [2.05, 4.69) is 43.3 Å². The van der Waals surface area contributed by atoms with E-state index >= 15 is 0 Å². The Morgan fingerprint density at radius 2 is 1.67 bits per heavy atom. The lowest BCUT2D eigenvalue weighted by molar-refractivity contribution is -0.300. The van der Waals surface area contributed by atoms with Gasteiger partial charge in [-0.3, -0.25) is 0 Å².